The Hall–Kier alpha value is -2.62. The van der Waals surface area contributed by atoms with Gasteiger partial charge in [0.1, 0.15) is 5.52 Å². The van der Waals surface area contributed by atoms with Crippen LogP contribution in [-0.2, 0) is 7.05 Å². The van der Waals surface area contributed by atoms with Crippen molar-refractivity contribution in [1.82, 2.24) is 4.98 Å². The number of para-hydroxylation sites is 2. The van der Waals surface area contributed by atoms with E-state index in [1.807, 2.05) is 66.2 Å². The predicted molar refractivity (Wildman–Crippen MR) is 75.5 cm³/mol. The Morgan fingerprint density at radius 2 is 1.68 bits per heavy atom. The van der Waals surface area contributed by atoms with Gasteiger partial charge in [-0.15, -0.1) is 0 Å². The minimum atomic E-state index is -0.0906. The molecule has 0 atom stereocenters. The third-order valence-electron chi connectivity index (χ3n) is 3.11. The van der Waals surface area contributed by atoms with Crippen LogP contribution in [0.15, 0.2) is 59.4 Å². The number of nitrogens with one attached hydrogen (secondary N) is 2. The van der Waals surface area contributed by atoms with Crippen LogP contribution in [0.2, 0.25) is 0 Å². The SMILES string of the molecule is C[n+]1c(Nc2ccccc2)[nH]c(=O)c2ccccc21. The summed E-state index contributed by atoms with van der Waals surface area (Å²) in [5.41, 5.74) is 1.74. The summed E-state index contributed by atoms with van der Waals surface area (Å²) < 4.78 is 1.93. The molecule has 4 nitrogen and oxygen atoms in total. The Morgan fingerprint density at radius 1 is 1.00 bits per heavy atom. The van der Waals surface area contributed by atoms with Crippen molar-refractivity contribution in [2.75, 3.05) is 5.32 Å². The van der Waals surface area contributed by atoms with E-state index in [-0.39, 0.29) is 5.56 Å². The van der Waals surface area contributed by atoms with Gasteiger partial charge >= 0.3 is 11.5 Å². The summed E-state index contributed by atoms with van der Waals surface area (Å²) in [6, 6.07) is 17.3. The molecule has 3 rings (SSSR count). The van der Waals surface area contributed by atoms with Crippen molar-refractivity contribution in [2.45, 2.75) is 0 Å². The topological polar surface area (TPSA) is 48.8 Å². The molecule has 2 N–H and O–H groups in total. The van der Waals surface area contributed by atoms with Crippen LogP contribution in [0.4, 0.5) is 11.6 Å². The fourth-order valence-corrected chi connectivity index (χ4v) is 2.11. The van der Waals surface area contributed by atoms with E-state index in [2.05, 4.69) is 10.3 Å². The summed E-state index contributed by atoms with van der Waals surface area (Å²) in [7, 11) is 1.92. The molecule has 0 aliphatic carbocycles. The summed E-state index contributed by atoms with van der Waals surface area (Å²) in [5, 5.41) is 3.90. The number of aromatic nitrogens is 2. The molecule has 0 saturated carbocycles. The van der Waals surface area contributed by atoms with Gasteiger partial charge in [0.15, 0.2) is 0 Å². The van der Waals surface area contributed by atoms with Crippen LogP contribution in [0.25, 0.3) is 10.9 Å². The third-order valence-corrected chi connectivity index (χ3v) is 3.11. The van der Waals surface area contributed by atoms with Gasteiger partial charge in [-0.3, -0.25) is 4.79 Å². The summed E-state index contributed by atoms with van der Waals surface area (Å²) >= 11 is 0. The highest BCUT2D eigenvalue weighted by atomic mass is 16.1. The fourth-order valence-electron chi connectivity index (χ4n) is 2.11. The molecule has 94 valence electrons. The number of hydrogen-bond donors (Lipinski definition) is 2. The van der Waals surface area contributed by atoms with Crippen molar-refractivity contribution in [2.24, 2.45) is 7.05 Å². The first-order valence-electron chi connectivity index (χ1n) is 6.09. The molecule has 19 heavy (non-hydrogen) atoms. The maximum Gasteiger partial charge on any atom is 0.363 e. The molecule has 0 fully saturated rings. The first-order chi connectivity index (χ1) is 9.25. The van der Waals surface area contributed by atoms with E-state index in [0.717, 1.165) is 11.2 Å². The normalized spacial score (nSPS) is 10.6. The van der Waals surface area contributed by atoms with E-state index in [0.29, 0.717) is 11.3 Å². The molecule has 4 heteroatoms. The maximum absolute atomic E-state index is 12.0. The predicted octanol–water partition coefficient (Wildman–Crippen LogP) is 2.10. The molecule has 0 bridgehead atoms. The zero-order valence-electron chi connectivity index (χ0n) is 10.6. The summed E-state index contributed by atoms with van der Waals surface area (Å²) in [6.07, 6.45) is 0. The molecule has 0 spiro atoms. The Labute approximate surface area is 110 Å². The number of nitrogens with zero attached hydrogens (tertiary/aromatic N) is 1. The number of anilines is 2. The number of H-pyrrole nitrogens is 1. The first-order valence-corrected chi connectivity index (χ1v) is 6.09. The van der Waals surface area contributed by atoms with Gasteiger partial charge in [-0.25, -0.2) is 14.9 Å². The van der Waals surface area contributed by atoms with Gasteiger partial charge in [0.25, 0.3) is 0 Å². The molecule has 3 aromatic rings. The zero-order valence-corrected chi connectivity index (χ0v) is 10.6. The molecule has 0 radical (unpaired) electrons. The fraction of sp³-hybridized carbons (Fsp3) is 0.0667. The van der Waals surface area contributed by atoms with Crippen LogP contribution in [-0.4, -0.2) is 4.98 Å². The smallest absolute Gasteiger partial charge is 0.250 e. The highest BCUT2D eigenvalue weighted by Crippen LogP contribution is 2.11. The lowest BCUT2D eigenvalue weighted by atomic mass is 10.2. The molecular weight excluding hydrogens is 238 g/mol. The Morgan fingerprint density at radius 3 is 2.47 bits per heavy atom. The summed E-state index contributed by atoms with van der Waals surface area (Å²) in [5.74, 6) is 0.662. The monoisotopic (exact) mass is 252 g/mol. The largest absolute Gasteiger partial charge is 0.363 e. The van der Waals surface area contributed by atoms with E-state index >= 15 is 0 Å². The average Bonchev–Trinajstić information content (AvgIpc) is 2.46. The van der Waals surface area contributed by atoms with Crippen molar-refractivity contribution >= 4 is 22.5 Å². The molecule has 2 aromatic carbocycles. The standard InChI is InChI=1S/C15H13N3O/c1-18-13-10-6-5-9-12(13)14(19)17-15(18)16-11-7-3-2-4-8-11/h2-10H,1H3,(H,16,17,19)/p+1. The van der Waals surface area contributed by atoms with E-state index in [9.17, 15) is 4.79 Å². The van der Waals surface area contributed by atoms with E-state index in [1.54, 1.807) is 0 Å². The van der Waals surface area contributed by atoms with Gasteiger partial charge in [-0.05, 0) is 24.3 Å². The lowest BCUT2D eigenvalue weighted by Gasteiger charge is -2.06. The number of hydrogen-bond acceptors (Lipinski definition) is 2. The molecule has 0 aliphatic heterocycles. The Balaban J connectivity index is 2.15. The van der Waals surface area contributed by atoms with Crippen molar-refractivity contribution in [3.8, 4) is 0 Å². The minimum Gasteiger partial charge on any atom is -0.250 e. The molecule has 1 heterocycles. The summed E-state index contributed by atoms with van der Waals surface area (Å²) in [6.45, 7) is 0. The number of rotatable bonds is 2. The summed E-state index contributed by atoms with van der Waals surface area (Å²) in [4.78, 5) is 14.9. The van der Waals surface area contributed by atoms with Gasteiger partial charge in [-0.2, -0.15) is 0 Å². The van der Waals surface area contributed by atoms with Gasteiger partial charge < -0.3 is 0 Å². The minimum absolute atomic E-state index is 0.0906. The van der Waals surface area contributed by atoms with Crippen molar-refractivity contribution in [1.29, 1.82) is 0 Å². The molecule has 0 saturated heterocycles. The molecule has 0 amide bonds. The second kappa shape index (κ2) is 4.57. The average molecular weight is 252 g/mol. The lowest BCUT2D eigenvalue weighted by molar-refractivity contribution is -0.632. The quantitative estimate of drug-likeness (QED) is 0.686. The van der Waals surface area contributed by atoms with Crippen molar-refractivity contribution in [3.05, 3.63) is 65.0 Å². The zero-order chi connectivity index (χ0) is 13.2. The van der Waals surface area contributed by atoms with Crippen LogP contribution in [0, 0.1) is 0 Å². The molecule has 0 unspecified atom stereocenters. The highest BCUT2D eigenvalue weighted by Gasteiger charge is 2.13. The third kappa shape index (κ3) is 2.08. The Kier molecular flexibility index (Phi) is 2.76. The van der Waals surface area contributed by atoms with Gasteiger partial charge in [0.2, 0.25) is 0 Å². The number of fused-ring (bicyclic) bond motifs is 1. The van der Waals surface area contributed by atoms with Gasteiger partial charge in [0, 0.05) is 0 Å². The van der Waals surface area contributed by atoms with E-state index in [4.69, 9.17) is 0 Å². The van der Waals surface area contributed by atoms with Crippen molar-refractivity contribution in [3.63, 3.8) is 0 Å². The Bertz CT molecular complexity index is 778. The van der Waals surface area contributed by atoms with Crippen LogP contribution in [0.5, 0.6) is 0 Å². The second-order valence-corrected chi connectivity index (χ2v) is 4.37. The number of aromatic amines is 1. The lowest BCUT2D eigenvalue weighted by Crippen LogP contribution is -2.37. The highest BCUT2D eigenvalue weighted by molar-refractivity contribution is 5.75. The van der Waals surface area contributed by atoms with Crippen LogP contribution < -0.4 is 15.4 Å². The van der Waals surface area contributed by atoms with Crippen LogP contribution in [0.1, 0.15) is 0 Å². The molecule has 1 aromatic heterocycles. The van der Waals surface area contributed by atoms with Crippen LogP contribution >= 0.6 is 0 Å². The maximum atomic E-state index is 12.0. The van der Waals surface area contributed by atoms with Crippen LogP contribution in [0.3, 0.4) is 0 Å². The second-order valence-electron chi connectivity index (χ2n) is 4.37. The molecular formula is C15H14N3O+. The van der Waals surface area contributed by atoms with E-state index < -0.39 is 0 Å². The van der Waals surface area contributed by atoms with Gasteiger partial charge in [0.05, 0.1) is 18.1 Å². The van der Waals surface area contributed by atoms with Crippen molar-refractivity contribution < 1.29 is 4.57 Å². The van der Waals surface area contributed by atoms with Gasteiger partial charge in [-0.1, -0.05) is 30.3 Å². The first kappa shape index (κ1) is 11.5. The van der Waals surface area contributed by atoms with E-state index in [1.165, 1.54) is 0 Å². The number of benzene rings is 2. The molecule has 0 aliphatic rings. The number of aryl methyl sites for hydroxylation is 1.